The molecule has 1 fully saturated rings. The number of carbonyl (C=O) groups excluding carboxylic acids is 1. The minimum Gasteiger partial charge on any atom is -0.493 e. The van der Waals surface area contributed by atoms with Crippen LogP contribution in [0, 0.1) is 0 Å². The van der Waals surface area contributed by atoms with Gasteiger partial charge in [0.1, 0.15) is 18.0 Å². The molecule has 0 aliphatic carbocycles. The Hall–Kier alpha value is -3.02. The van der Waals surface area contributed by atoms with Crippen molar-refractivity contribution < 1.29 is 46.7 Å². The van der Waals surface area contributed by atoms with Crippen LogP contribution >= 0.6 is 0 Å². The Kier molecular flexibility index (Phi) is 9.10. The second-order valence-electron chi connectivity index (χ2n) is 12.0. The Labute approximate surface area is 238 Å². The van der Waals surface area contributed by atoms with E-state index in [9.17, 15) is 18.0 Å². The Morgan fingerprint density at radius 2 is 1.68 bits per heavy atom. The summed E-state index contributed by atoms with van der Waals surface area (Å²) in [5, 5.41) is 2.84. The van der Waals surface area contributed by atoms with Gasteiger partial charge in [-0.3, -0.25) is 0 Å². The maximum atomic E-state index is 14.0. The number of alkyl carbamates (subject to hydrolysis) is 1. The van der Waals surface area contributed by atoms with E-state index >= 15 is 0 Å². The quantitative estimate of drug-likeness (QED) is 0.267. The lowest BCUT2D eigenvalue weighted by Crippen LogP contribution is -2.61. The summed E-state index contributed by atoms with van der Waals surface area (Å²) in [6, 6.07) is 9.79. The molecule has 11 heteroatoms. The molecule has 1 N–H and O–H groups in total. The Morgan fingerprint density at radius 3 is 2.37 bits per heavy atom. The van der Waals surface area contributed by atoms with Gasteiger partial charge in [0.15, 0.2) is 11.5 Å². The van der Waals surface area contributed by atoms with E-state index in [1.54, 1.807) is 40.7 Å². The molecular formula is C30H38F3NO7. The topological polar surface area (TPSA) is 84.5 Å². The fourth-order valence-electron chi connectivity index (χ4n) is 4.54. The van der Waals surface area contributed by atoms with Crippen LogP contribution in [0.1, 0.15) is 69.7 Å². The number of carbonyl (C=O) groups is 1. The predicted molar refractivity (Wildman–Crippen MR) is 144 cm³/mol. The van der Waals surface area contributed by atoms with Crippen LogP contribution in [0.5, 0.6) is 11.5 Å². The highest BCUT2D eigenvalue weighted by Gasteiger charge is 2.42. The van der Waals surface area contributed by atoms with Crippen molar-refractivity contribution in [2.45, 2.75) is 90.0 Å². The molecule has 0 atom stereocenters. The minimum atomic E-state index is -4.60. The van der Waals surface area contributed by atoms with E-state index in [4.69, 9.17) is 28.7 Å². The number of hydrogen-bond donors (Lipinski definition) is 1. The third-order valence-corrected chi connectivity index (χ3v) is 6.76. The summed E-state index contributed by atoms with van der Waals surface area (Å²) in [5.74, 6) is -0.402. The van der Waals surface area contributed by atoms with Crippen molar-refractivity contribution in [3.63, 3.8) is 0 Å². The number of benzene rings is 2. The lowest BCUT2D eigenvalue weighted by molar-refractivity contribution is -0.271. The van der Waals surface area contributed by atoms with Gasteiger partial charge in [-0.25, -0.2) is 4.79 Å². The highest BCUT2D eigenvalue weighted by atomic mass is 19.4. The number of alkyl halides is 3. The number of rotatable bonds is 9. The van der Waals surface area contributed by atoms with Gasteiger partial charge < -0.3 is 29.2 Å². The molecule has 0 bridgehead atoms. The van der Waals surface area contributed by atoms with E-state index < -0.39 is 34.8 Å². The van der Waals surface area contributed by atoms with Crippen molar-refractivity contribution in [1.82, 2.24) is 5.32 Å². The number of hydrogen-bond acceptors (Lipinski definition) is 7. The molecule has 4 rings (SSSR count). The van der Waals surface area contributed by atoms with E-state index in [2.05, 4.69) is 5.32 Å². The first-order chi connectivity index (χ1) is 19.1. The molecule has 2 aromatic rings. The third-order valence-electron chi connectivity index (χ3n) is 6.76. The van der Waals surface area contributed by atoms with Gasteiger partial charge in [-0.1, -0.05) is 18.2 Å². The standard InChI is InChI=1S/C30H38F3NO7/c1-27(2,3)40-26(35)34-29(18-37-28(4,5)38-19-29)13-12-21-9-11-24(23(15-21)30(31,32)33)36-14-6-7-20-8-10-22-17-39-41-25(22)16-20/h8-11,15-16H,6-7,12-14,17-19H2,1-5H3,(H,34,35). The lowest BCUT2D eigenvalue weighted by Gasteiger charge is -2.44. The molecule has 226 valence electrons. The van der Waals surface area contributed by atoms with Crippen LogP contribution in [0.3, 0.4) is 0 Å². The van der Waals surface area contributed by atoms with Crippen molar-refractivity contribution in [1.29, 1.82) is 0 Å². The SMILES string of the molecule is CC(C)(C)OC(=O)NC1(CCc2ccc(OCCCc3ccc4c(c3)OOC4)c(C(F)(F)F)c2)COC(C)(C)OC1. The molecule has 0 saturated carbocycles. The van der Waals surface area contributed by atoms with Gasteiger partial charge in [0.05, 0.1) is 30.9 Å². The number of nitrogens with one attached hydrogen (secondary N) is 1. The van der Waals surface area contributed by atoms with Gasteiger partial charge in [-0.2, -0.15) is 18.1 Å². The van der Waals surface area contributed by atoms with E-state index in [-0.39, 0.29) is 38.4 Å². The summed E-state index contributed by atoms with van der Waals surface area (Å²) in [7, 11) is 0. The summed E-state index contributed by atoms with van der Waals surface area (Å²) < 4.78 is 64.6. The van der Waals surface area contributed by atoms with Crippen molar-refractivity contribution in [3.8, 4) is 11.5 Å². The first-order valence-corrected chi connectivity index (χ1v) is 13.7. The van der Waals surface area contributed by atoms with Gasteiger partial charge in [-0.05, 0) is 89.6 Å². The molecule has 0 aromatic heterocycles. The highest BCUT2D eigenvalue weighted by Crippen LogP contribution is 2.38. The van der Waals surface area contributed by atoms with Crippen LogP contribution in [0.15, 0.2) is 36.4 Å². The molecule has 0 unspecified atom stereocenters. The molecule has 8 nitrogen and oxygen atoms in total. The molecule has 0 radical (unpaired) electrons. The van der Waals surface area contributed by atoms with Gasteiger partial charge in [0, 0.05) is 5.56 Å². The first kappa shape index (κ1) is 30.9. The molecule has 1 saturated heterocycles. The number of halogens is 3. The molecule has 41 heavy (non-hydrogen) atoms. The highest BCUT2D eigenvalue weighted by molar-refractivity contribution is 5.69. The van der Waals surface area contributed by atoms with E-state index in [1.165, 1.54) is 6.07 Å². The Morgan fingerprint density at radius 1 is 1.00 bits per heavy atom. The van der Waals surface area contributed by atoms with Gasteiger partial charge in [0.2, 0.25) is 0 Å². The summed E-state index contributed by atoms with van der Waals surface area (Å²) in [6.45, 7) is 9.51. The maximum Gasteiger partial charge on any atom is 0.419 e. The number of fused-ring (bicyclic) bond motifs is 1. The van der Waals surface area contributed by atoms with Gasteiger partial charge in [-0.15, -0.1) is 0 Å². The average Bonchev–Trinajstić information content (AvgIpc) is 3.34. The van der Waals surface area contributed by atoms with Crippen LogP contribution in [-0.2, 0) is 44.7 Å². The maximum absolute atomic E-state index is 14.0. The van der Waals surface area contributed by atoms with Gasteiger partial charge >= 0.3 is 12.3 Å². The van der Waals surface area contributed by atoms with Crippen molar-refractivity contribution in [2.75, 3.05) is 19.8 Å². The van der Waals surface area contributed by atoms with Crippen molar-refractivity contribution >= 4 is 6.09 Å². The average molecular weight is 582 g/mol. The zero-order chi connectivity index (χ0) is 29.9. The lowest BCUT2D eigenvalue weighted by atomic mass is 9.91. The second kappa shape index (κ2) is 12.1. The second-order valence-corrected chi connectivity index (χ2v) is 12.0. The smallest absolute Gasteiger partial charge is 0.419 e. The normalized spacial score (nSPS) is 17.9. The van der Waals surface area contributed by atoms with E-state index in [0.29, 0.717) is 30.8 Å². The molecule has 2 aliphatic heterocycles. The Balaban J connectivity index is 1.39. The molecule has 1 amide bonds. The molecule has 2 aliphatic rings. The summed E-state index contributed by atoms with van der Waals surface area (Å²) >= 11 is 0. The fourth-order valence-corrected chi connectivity index (χ4v) is 4.54. The fraction of sp³-hybridized carbons (Fsp3) is 0.567. The Bertz CT molecular complexity index is 1210. The van der Waals surface area contributed by atoms with Crippen LogP contribution in [-0.4, -0.2) is 42.8 Å². The molecule has 2 aromatic carbocycles. The largest absolute Gasteiger partial charge is 0.493 e. The van der Waals surface area contributed by atoms with Crippen LogP contribution in [0.25, 0.3) is 0 Å². The van der Waals surface area contributed by atoms with Crippen LogP contribution < -0.4 is 14.9 Å². The van der Waals surface area contributed by atoms with Gasteiger partial charge in [0.25, 0.3) is 0 Å². The van der Waals surface area contributed by atoms with E-state index in [1.807, 2.05) is 18.2 Å². The third kappa shape index (κ3) is 8.73. The molecule has 0 spiro atoms. The summed E-state index contributed by atoms with van der Waals surface area (Å²) in [6.07, 6.45) is -3.61. The van der Waals surface area contributed by atoms with Crippen molar-refractivity contribution in [2.24, 2.45) is 0 Å². The zero-order valence-electron chi connectivity index (χ0n) is 24.1. The number of aryl methyl sites for hydroxylation is 2. The summed E-state index contributed by atoms with van der Waals surface area (Å²) in [4.78, 5) is 22.6. The minimum absolute atomic E-state index is 0.115. The van der Waals surface area contributed by atoms with Crippen molar-refractivity contribution in [3.05, 3.63) is 58.7 Å². The first-order valence-electron chi connectivity index (χ1n) is 13.7. The monoisotopic (exact) mass is 581 g/mol. The summed E-state index contributed by atoms with van der Waals surface area (Å²) in [5.41, 5.74) is -0.149. The molecule has 2 heterocycles. The van der Waals surface area contributed by atoms with Crippen LogP contribution in [0.2, 0.25) is 0 Å². The molecular weight excluding hydrogens is 543 g/mol. The predicted octanol–water partition coefficient (Wildman–Crippen LogP) is 6.52. The number of amides is 1. The van der Waals surface area contributed by atoms with Crippen LogP contribution in [0.4, 0.5) is 18.0 Å². The zero-order valence-corrected chi connectivity index (χ0v) is 24.1. The number of ether oxygens (including phenoxy) is 4. The van der Waals surface area contributed by atoms with E-state index in [0.717, 1.165) is 17.2 Å².